The quantitative estimate of drug-likeness (QED) is 0.849. The topological polar surface area (TPSA) is 55.6 Å². The van der Waals surface area contributed by atoms with Gasteiger partial charge in [-0.3, -0.25) is 4.84 Å². The van der Waals surface area contributed by atoms with Gasteiger partial charge in [0.05, 0.1) is 11.8 Å². The Morgan fingerprint density at radius 3 is 2.20 bits per heavy atom. The normalized spacial score (nSPS) is 11.8. The molecular formula is C16H18N2O2. The summed E-state index contributed by atoms with van der Waals surface area (Å²) in [6, 6.07) is 18.4. The molecule has 2 amide bonds. The summed E-state index contributed by atoms with van der Waals surface area (Å²) in [4.78, 5) is 17.2. The number of hydrogen-bond acceptors (Lipinski definition) is 2. The summed E-state index contributed by atoms with van der Waals surface area (Å²) in [5.41, 5.74) is 7.15. The van der Waals surface area contributed by atoms with Crippen molar-refractivity contribution < 1.29 is 9.63 Å². The van der Waals surface area contributed by atoms with Gasteiger partial charge in [0, 0.05) is 6.42 Å². The number of hydroxylamine groups is 1. The number of carbonyl (C=O) groups is 1. The van der Waals surface area contributed by atoms with Crippen molar-refractivity contribution in [2.45, 2.75) is 19.4 Å². The molecule has 2 N–H and O–H groups in total. The second kappa shape index (κ2) is 6.73. The Labute approximate surface area is 118 Å². The van der Waals surface area contributed by atoms with Crippen LogP contribution in [-0.4, -0.2) is 12.1 Å². The van der Waals surface area contributed by atoms with Crippen LogP contribution in [0.5, 0.6) is 0 Å². The van der Waals surface area contributed by atoms with Gasteiger partial charge in [-0.15, -0.1) is 0 Å². The van der Waals surface area contributed by atoms with E-state index in [0.29, 0.717) is 12.1 Å². The lowest BCUT2D eigenvalue weighted by molar-refractivity contribution is 0.0596. The Balaban J connectivity index is 2.04. The van der Waals surface area contributed by atoms with Gasteiger partial charge in [0.15, 0.2) is 0 Å². The predicted octanol–water partition coefficient (Wildman–Crippen LogP) is 3.13. The van der Waals surface area contributed by atoms with E-state index in [1.54, 1.807) is 12.1 Å². The van der Waals surface area contributed by atoms with Crippen LogP contribution in [0.25, 0.3) is 0 Å². The Morgan fingerprint density at radius 1 is 1.10 bits per heavy atom. The number of rotatable bonds is 5. The zero-order valence-corrected chi connectivity index (χ0v) is 11.4. The van der Waals surface area contributed by atoms with Crippen molar-refractivity contribution >= 4 is 11.7 Å². The molecule has 0 aliphatic heterocycles. The summed E-state index contributed by atoms with van der Waals surface area (Å²) < 4.78 is 0. The molecule has 104 valence electrons. The van der Waals surface area contributed by atoms with E-state index in [0.717, 1.165) is 10.6 Å². The monoisotopic (exact) mass is 270 g/mol. The van der Waals surface area contributed by atoms with Crippen LogP contribution in [0.2, 0.25) is 0 Å². The van der Waals surface area contributed by atoms with Gasteiger partial charge in [-0.1, -0.05) is 48.5 Å². The Kier molecular flexibility index (Phi) is 4.74. The molecule has 4 heteroatoms. The van der Waals surface area contributed by atoms with E-state index >= 15 is 0 Å². The number of anilines is 1. The first kappa shape index (κ1) is 14.1. The van der Waals surface area contributed by atoms with E-state index in [-0.39, 0.29) is 6.10 Å². The van der Waals surface area contributed by atoms with Crippen LogP contribution in [0.15, 0.2) is 60.7 Å². The third-order valence-electron chi connectivity index (χ3n) is 2.84. The first-order valence-electron chi connectivity index (χ1n) is 6.52. The maximum atomic E-state index is 11.5. The zero-order chi connectivity index (χ0) is 14.4. The van der Waals surface area contributed by atoms with Crippen LogP contribution in [0, 0.1) is 0 Å². The maximum Gasteiger partial charge on any atom is 0.343 e. The van der Waals surface area contributed by atoms with Crippen LogP contribution >= 0.6 is 0 Å². The van der Waals surface area contributed by atoms with Crippen LogP contribution < -0.4 is 10.8 Å². The number of hydrogen-bond donors (Lipinski definition) is 1. The van der Waals surface area contributed by atoms with Gasteiger partial charge in [-0.05, 0) is 24.6 Å². The van der Waals surface area contributed by atoms with Crippen LogP contribution in [0.1, 0.15) is 12.5 Å². The van der Waals surface area contributed by atoms with Gasteiger partial charge < -0.3 is 5.73 Å². The summed E-state index contributed by atoms with van der Waals surface area (Å²) in [5, 5.41) is 1.13. The summed E-state index contributed by atoms with van der Waals surface area (Å²) in [6.45, 7) is 1.91. The molecule has 2 rings (SSSR count). The predicted molar refractivity (Wildman–Crippen MR) is 79.2 cm³/mol. The fraction of sp³-hybridized carbons (Fsp3) is 0.188. The van der Waals surface area contributed by atoms with Crippen molar-refractivity contribution in [3.05, 3.63) is 66.2 Å². The summed E-state index contributed by atoms with van der Waals surface area (Å²) in [5.74, 6) is 0. The smallest absolute Gasteiger partial charge is 0.343 e. The summed E-state index contributed by atoms with van der Waals surface area (Å²) in [6.07, 6.45) is 0.544. The molecule has 4 nitrogen and oxygen atoms in total. The third kappa shape index (κ3) is 3.83. The molecule has 0 aliphatic carbocycles. The van der Waals surface area contributed by atoms with E-state index in [9.17, 15) is 4.79 Å². The van der Waals surface area contributed by atoms with Gasteiger partial charge in [-0.25, -0.2) is 4.79 Å². The molecule has 2 aromatic rings. The molecule has 1 unspecified atom stereocenters. The third-order valence-corrected chi connectivity index (χ3v) is 2.84. The lowest BCUT2D eigenvalue weighted by Crippen LogP contribution is -2.39. The zero-order valence-electron chi connectivity index (χ0n) is 11.4. The molecule has 0 fully saturated rings. The number of benzene rings is 2. The molecule has 0 aromatic heterocycles. The maximum absolute atomic E-state index is 11.5. The second-order valence-electron chi connectivity index (χ2n) is 4.57. The number of amides is 2. The van der Waals surface area contributed by atoms with E-state index in [2.05, 4.69) is 0 Å². The van der Waals surface area contributed by atoms with Crippen molar-refractivity contribution in [3.63, 3.8) is 0 Å². The van der Waals surface area contributed by atoms with E-state index in [4.69, 9.17) is 10.6 Å². The standard InChI is InChI=1S/C16H18N2O2/c1-13(12-14-8-4-2-5-9-14)20-18(16(17)19)15-10-6-3-7-11-15/h2-11,13H,12H2,1H3,(H2,17,19). The number of nitrogens with two attached hydrogens (primary N) is 1. The number of primary amides is 1. The molecule has 1 atom stereocenters. The molecular weight excluding hydrogens is 252 g/mol. The number of para-hydroxylation sites is 1. The van der Waals surface area contributed by atoms with Gasteiger partial charge in [0.1, 0.15) is 0 Å². The Bertz CT molecular complexity index is 543. The molecule has 0 heterocycles. The van der Waals surface area contributed by atoms with Gasteiger partial charge in [0.2, 0.25) is 0 Å². The van der Waals surface area contributed by atoms with Crippen molar-refractivity contribution in [1.29, 1.82) is 0 Å². The highest BCUT2D eigenvalue weighted by Gasteiger charge is 2.17. The number of urea groups is 1. The lowest BCUT2D eigenvalue weighted by atomic mass is 10.1. The van der Waals surface area contributed by atoms with Crippen LogP contribution in [0.3, 0.4) is 0 Å². The highest BCUT2D eigenvalue weighted by molar-refractivity contribution is 5.88. The Hall–Kier alpha value is -2.33. The molecule has 2 aromatic carbocycles. The molecule has 0 saturated carbocycles. The van der Waals surface area contributed by atoms with Gasteiger partial charge in [0.25, 0.3) is 0 Å². The van der Waals surface area contributed by atoms with E-state index in [1.807, 2.05) is 55.5 Å². The SMILES string of the molecule is CC(Cc1ccccc1)ON(C(N)=O)c1ccccc1. The fourth-order valence-electron chi connectivity index (χ4n) is 1.97. The van der Waals surface area contributed by atoms with Crippen LogP contribution in [0.4, 0.5) is 10.5 Å². The minimum Gasteiger partial charge on any atom is -0.349 e. The first-order valence-corrected chi connectivity index (χ1v) is 6.52. The molecule has 0 radical (unpaired) electrons. The second-order valence-corrected chi connectivity index (χ2v) is 4.57. The summed E-state index contributed by atoms with van der Waals surface area (Å²) in [7, 11) is 0. The van der Waals surface area contributed by atoms with Gasteiger partial charge in [-0.2, -0.15) is 5.06 Å². The minimum atomic E-state index is -0.629. The highest BCUT2D eigenvalue weighted by Crippen LogP contribution is 2.16. The Morgan fingerprint density at radius 2 is 1.65 bits per heavy atom. The molecule has 0 saturated heterocycles. The molecule has 0 aliphatic rings. The molecule has 0 spiro atoms. The summed E-state index contributed by atoms with van der Waals surface area (Å²) >= 11 is 0. The minimum absolute atomic E-state index is 0.162. The molecule has 20 heavy (non-hydrogen) atoms. The lowest BCUT2D eigenvalue weighted by Gasteiger charge is -2.23. The number of carbonyl (C=O) groups excluding carboxylic acids is 1. The van der Waals surface area contributed by atoms with Gasteiger partial charge >= 0.3 is 6.03 Å². The first-order chi connectivity index (χ1) is 9.66. The largest absolute Gasteiger partial charge is 0.349 e. The van der Waals surface area contributed by atoms with E-state index in [1.165, 1.54) is 0 Å². The average Bonchev–Trinajstić information content (AvgIpc) is 2.46. The fourth-order valence-corrected chi connectivity index (χ4v) is 1.97. The van der Waals surface area contributed by atoms with Crippen molar-refractivity contribution in [3.8, 4) is 0 Å². The van der Waals surface area contributed by atoms with Crippen molar-refractivity contribution in [2.75, 3.05) is 5.06 Å². The number of nitrogens with zero attached hydrogens (tertiary/aromatic N) is 1. The van der Waals surface area contributed by atoms with Crippen molar-refractivity contribution in [2.24, 2.45) is 5.73 Å². The van der Waals surface area contributed by atoms with Crippen molar-refractivity contribution in [1.82, 2.24) is 0 Å². The highest BCUT2D eigenvalue weighted by atomic mass is 16.7. The average molecular weight is 270 g/mol. The molecule has 0 bridgehead atoms. The van der Waals surface area contributed by atoms with E-state index < -0.39 is 6.03 Å². The van der Waals surface area contributed by atoms with Crippen LogP contribution in [-0.2, 0) is 11.3 Å².